The van der Waals surface area contributed by atoms with Gasteiger partial charge in [0.15, 0.2) is 5.96 Å². The lowest BCUT2D eigenvalue weighted by molar-refractivity contribution is 0.572. The number of guanidine groups is 1. The summed E-state index contributed by atoms with van der Waals surface area (Å²) in [4.78, 5) is 8.70. The topological polar surface area (TPSA) is 62.5 Å². The number of aromatic nitrogens is 1. The van der Waals surface area contributed by atoms with Crippen molar-refractivity contribution >= 4 is 5.96 Å². The summed E-state index contributed by atoms with van der Waals surface area (Å²) in [5.41, 5.74) is 1.85. The van der Waals surface area contributed by atoms with E-state index in [1.54, 1.807) is 13.3 Å². The van der Waals surface area contributed by atoms with Crippen LogP contribution in [0.15, 0.2) is 46.0 Å². The molecule has 2 N–H and O–H groups in total. The summed E-state index contributed by atoms with van der Waals surface area (Å²) in [6.45, 7) is 2.83. The molecule has 0 radical (unpaired) electrons. The van der Waals surface area contributed by atoms with Gasteiger partial charge in [0.2, 0.25) is 5.89 Å². The molecule has 0 aliphatic heterocycles. The molecule has 1 aliphatic carbocycles. The highest BCUT2D eigenvalue weighted by Crippen LogP contribution is 2.28. The quantitative estimate of drug-likeness (QED) is 0.668. The first-order valence-electron chi connectivity index (χ1n) is 7.23. The molecule has 2 aromatic rings. The number of benzene rings is 1. The molecule has 1 fully saturated rings. The minimum Gasteiger partial charge on any atom is -0.444 e. The van der Waals surface area contributed by atoms with Gasteiger partial charge in [0.1, 0.15) is 6.26 Å². The second-order valence-corrected chi connectivity index (χ2v) is 5.40. The van der Waals surface area contributed by atoms with E-state index in [4.69, 9.17) is 4.42 Å². The van der Waals surface area contributed by atoms with E-state index in [-0.39, 0.29) is 0 Å². The molecular formula is C16H20N4O. The van der Waals surface area contributed by atoms with Crippen molar-refractivity contribution in [3.8, 4) is 11.5 Å². The number of rotatable bonds is 4. The van der Waals surface area contributed by atoms with Crippen molar-refractivity contribution in [3.63, 3.8) is 0 Å². The first-order valence-corrected chi connectivity index (χ1v) is 7.23. The lowest BCUT2D eigenvalue weighted by atomic mass is 10.2. The Labute approximate surface area is 124 Å². The monoisotopic (exact) mass is 284 g/mol. The zero-order chi connectivity index (χ0) is 14.7. The van der Waals surface area contributed by atoms with Gasteiger partial charge in [-0.25, -0.2) is 4.98 Å². The van der Waals surface area contributed by atoms with Crippen LogP contribution in [-0.2, 0) is 6.54 Å². The van der Waals surface area contributed by atoms with Crippen LogP contribution in [0.25, 0.3) is 11.5 Å². The molecule has 21 heavy (non-hydrogen) atoms. The fourth-order valence-corrected chi connectivity index (χ4v) is 2.17. The number of aliphatic imine (C=N–C) groups is 1. The third kappa shape index (κ3) is 3.42. The lowest BCUT2D eigenvalue weighted by Crippen LogP contribution is -2.38. The van der Waals surface area contributed by atoms with Crippen molar-refractivity contribution in [1.29, 1.82) is 0 Å². The molecule has 3 rings (SSSR count). The molecule has 0 spiro atoms. The van der Waals surface area contributed by atoms with E-state index >= 15 is 0 Å². The Balaban J connectivity index is 1.57. The summed E-state index contributed by atoms with van der Waals surface area (Å²) in [6, 6.07) is 10.4. The normalized spacial score (nSPS) is 21.1. The van der Waals surface area contributed by atoms with E-state index < -0.39 is 0 Å². The van der Waals surface area contributed by atoms with E-state index in [0.29, 0.717) is 18.5 Å². The predicted octanol–water partition coefficient (Wildman–Crippen LogP) is 2.42. The summed E-state index contributed by atoms with van der Waals surface area (Å²) >= 11 is 0. The van der Waals surface area contributed by atoms with Gasteiger partial charge in [0.05, 0.1) is 12.2 Å². The largest absolute Gasteiger partial charge is 0.444 e. The molecule has 5 nitrogen and oxygen atoms in total. The predicted molar refractivity (Wildman–Crippen MR) is 82.8 cm³/mol. The van der Waals surface area contributed by atoms with E-state index in [1.807, 2.05) is 30.3 Å². The van der Waals surface area contributed by atoms with Crippen LogP contribution in [-0.4, -0.2) is 24.0 Å². The van der Waals surface area contributed by atoms with Gasteiger partial charge >= 0.3 is 0 Å². The first kappa shape index (κ1) is 13.7. The Morgan fingerprint density at radius 2 is 2.14 bits per heavy atom. The number of nitrogens with one attached hydrogen (secondary N) is 2. The third-order valence-electron chi connectivity index (χ3n) is 3.66. The maximum absolute atomic E-state index is 5.52. The van der Waals surface area contributed by atoms with Crippen molar-refractivity contribution in [2.45, 2.75) is 25.9 Å². The van der Waals surface area contributed by atoms with Gasteiger partial charge in [-0.1, -0.05) is 25.1 Å². The molecule has 110 valence electrons. The Bertz CT molecular complexity index is 620. The summed E-state index contributed by atoms with van der Waals surface area (Å²) in [5, 5.41) is 6.64. The summed E-state index contributed by atoms with van der Waals surface area (Å²) < 4.78 is 5.52. The van der Waals surface area contributed by atoms with Crippen molar-refractivity contribution in [3.05, 3.63) is 42.3 Å². The van der Waals surface area contributed by atoms with E-state index in [2.05, 4.69) is 27.5 Å². The summed E-state index contributed by atoms with van der Waals surface area (Å²) in [7, 11) is 1.78. The number of nitrogens with zero attached hydrogens (tertiary/aromatic N) is 2. The maximum atomic E-state index is 5.52. The molecular weight excluding hydrogens is 264 g/mol. The van der Waals surface area contributed by atoms with Crippen LogP contribution >= 0.6 is 0 Å². The second-order valence-electron chi connectivity index (χ2n) is 5.40. The van der Waals surface area contributed by atoms with Gasteiger partial charge in [0.25, 0.3) is 0 Å². The Kier molecular flexibility index (Phi) is 3.90. The van der Waals surface area contributed by atoms with Crippen molar-refractivity contribution in [2.75, 3.05) is 7.05 Å². The lowest BCUT2D eigenvalue weighted by Gasteiger charge is -2.09. The highest BCUT2D eigenvalue weighted by atomic mass is 16.3. The van der Waals surface area contributed by atoms with Gasteiger partial charge in [-0.05, 0) is 24.5 Å². The minimum atomic E-state index is 0.549. The molecule has 0 bridgehead atoms. The van der Waals surface area contributed by atoms with Crippen LogP contribution in [0.4, 0.5) is 0 Å². The average Bonchev–Trinajstić information content (AvgIpc) is 3.02. The number of hydrogen-bond acceptors (Lipinski definition) is 3. The summed E-state index contributed by atoms with van der Waals surface area (Å²) in [5.74, 6) is 2.19. The van der Waals surface area contributed by atoms with Crippen LogP contribution in [0.3, 0.4) is 0 Å². The molecule has 0 amide bonds. The van der Waals surface area contributed by atoms with Crippen LogP contribution in [0.2, 0.25) is 0 Å². The van der Waals surface area contributed by atoms with Crippen molar-refractivity contribution in [1.82, 2.24) is 15.6 Å². The fraction of sp³-hybridized carbons (Fsp3) is 0.375. The highest BCUT2D eigenvalue weighted by Gasteiger charge is 2.33. The van der Waals surface area contributed by atoms with Crippen LogP contribution in [0.1, 0.15) is 19.0 Å². The van der Waals surface area contributed by atoms with E-state index in [1.165, 1.54) is 6.42 Å². The molecule has 0 saturated heterocycles. The number of oxazole rings is 1. The zero-order valence-electron chi connectivity index (χ0n) is 12.3. The first-order chi connectivity index (χ1) is 10.3. The maximum Gasteiger partial charge on any atom is 0.226 e. The minimum absolute atomic E-state index is 0.549. The smallest absolute Gasteiger partial charge is 0.226 e. The highest BCUT2D eigenvalue weighted by molar-refractivity contribution is 5.80. The van der Waals surface area contributed by atoms with Gasteiger partial charge < -0.3 is 15.1 Å². The molecule has 1 heterocycles. The van der Waals surface area contributed by atoms with Crippen LogP contribution in [0, 0.1) is 5.92 Å². The van der Waals surface area contributed by atoms with Gasteiger partial charge in [-0.2, -0.15) is 0 Å². The molecule has 2 unspecified atom stereocenters. The third-order valence-corrected chi connectivity index (χ3v) is 3.66. The fourth-order valence-electron chi connectivity index (χ4n) is 2.17. The molecule has 1 saturated carbocycles. The second kappa shape index (κ2) is 5.99. The molecule has 2 atom stereocenters. The van der Waals surface area contributed by atoms with Crippen molar-refractivity contribution < 1.29 is 4.42 Å². The standard InChI is InChI=1S/C16H20N4O/c1-11-8-14(11)20-16(17-2)18-9-13-10-21-15(19-13)12-6-4-3-5-7-12/h3-7,10-11,14H,8-9H2,1-2H3,(H2,17,18,20). The van der Waals surface area contributed by atoms with Crippen molar-refractivity contribution in [2.24, 2.45) is 10.9 Å². The number of hydrogen-bond donors (Lipinski definition) is 2. The van der Waals surface area contributed by atoms with Gasteiger partial charge in [0, 0.05) is 18.7 Å². The van der Waals surface area contributed by atoms with Crippen LogP contribution in [0.5, 0.6) is 0 Å². The molecule has 1 aromatic heterocycles. The van der Waals surface area contributed by atoms with E-state index in [9.17, 15) is 0 Å². The average molecular weight is 284 g/mol. The Hall–Kier alpha value is -2.30. The molecule has 1 aliphatic rings. The zero-order valence-corrected chi connectivity index (χ0v) is 12.3. The Morgan fingerprint density at radius 3 is 2.81 bits per heavy atom. The van der Waals surface area contributed by atoms with E-state index in [0.717, 1.165) is 23.1 Å². The van der Waals surface area contributed by atoms with Gasteiger partial charge in [-0.15, -0.1) is 0 Å². The SMILES string of the molecule is CN=C(NCc1coc(-c2ccccc2)n1)NC1CC1C. The molecule has 5 heteroatoms. The Morgan fingerprint density at radius 1 is 1.38 bits per heavy atom. The van der Waals surface area contributed by atoms with Crippen LogP contribution < -0.4 is 10.6 Å². The molecule has 1 aromatic carbocycles. The van der Waals surface area contributed by atoms with Gasteiger partial charge in [-0.3, -0.25) is 4.99 Å². The summed E-state index contributed by atoms with van der Waals surface area (Å²) in [6.07, 6.45) is 2.89.